The summed E-state index contributed by atoms with van der Waals surface area (Å²) >= 11 is 7.85. The number of likely N-dealkylation sites (N-methyl/N-ethyl adjacent to an activating group) is 1. The Morgan fingerprint density at radius 2 is 2.12 bits per heavy atom. The Kier molecular flexibility index (Phi) is 6.46. The standard InChI is InChI=1S/C26H28ClN4O2S/c1-14-8-18(10-22(14)32)30-26-21(12-28-13-29-26)25(33)23-11-19(15(2)34-23)24-20-9-17(27)5-4-16(20)6-7-31(24)3/h4-5,9,11-14,18,22,24,32H,1,6-8,10H2,2-3H3,(H,28,29,30)/t14-,18-,22+,24+/m1/s1. The lowest BCUT2D eigenvalue weighted by Crippen LogP contribution is -2.33. The molecule has 177 valence electrons. The molecule has 0 spiro atoms. The molecule has 1 aliphatic heterocycles. The number of hydrogen-bond acceptors (Lipinski definition) is 7. The number of aromatic nitrogens is 2. The van der Waals surface area contributed by atoms with Crippen molar-refractivity contribution in [1.29, 1.82) is 0 Å². The second-order valence-corrected chi connectivity index (χ2v) is 11.0. The second kappa shape index (κ2) is 9.38. The summed E-state index contributed by atoms with van der Waals surface area (Å²) in [6.45, 7) is 7.01. The molecule has 3 aromatic rings. The van der Waals surface area contributed by atoms with Crippen LogP contribution in [-0.2, 0) is 6.42 Å². The van der Waals surface area contributed by atoms with Crippen molar-refractivity contribution in [3.63, 3.8) is 0 Å². The van der Waals surface area contributed by atoms with Crippen molar-refractivity contribution in [2.75, 3.05) is 18.9 Å². The first-order chi connectivity index (χ1) is 16.3. The maximum Gasteiger partial charge on any atom is 0.208 e. The van der Waals surface area contributed by atoms with Gasteiger partial charge in [-0.05, 0) is 81.0 Å². The predicted octanol–water partition coefficient (Wildman–Crippen LogP) is 4.69. The van der Waals surface area contributed by atoms with Gasteiger partial charge in [0, 0.05) is 28.7 Å². The molecule has 1 aromatic carbocycles. The molecule has 2 N–H and O–H groups in total. The predicted molar refractivity (Wildman–Crippen MR) is 136 cm³/mol. The maximum absolute atomic E-state index is 13.6. The van der Waals surface area contributed by atoms with Gasteiger partial charge in [-0.15, -0.1) is 11.3 Å². The number of halogens is 1. The minimum absolute atomic E-state index is 0.0233. The molecule has 2 aliphatic rings. The summed E-state index contributed by atoms with van der Waals surface area (Å²) in [5.41, 5.74) is 4.08. The number of benzene rings is 1. The summed E-state index contributed by atoms with van der Waals surface area (Å²) in [4.78, 5) is 26.1. The number of carbonyl (C=O) groups is 1. The molecule has 3 heterocycles. The van der Waals surface area contributed by atoms with E-state index in [0.717, 1.165) is 34.8 Å². The summed E-state index contributed by atoms with van der Waals surface area (Å²) < 4.78 is 0. The third-order valence-corrected chi connectivity index (χ3v) is 8.31. The van der Waals surface area contributed by atoms with E-state index < -0.39 is 6.10 Å². The van der Waals surface area contributed by atoms with Crippen LogP contribution in [0, 0.1) is 19.8 Å². The highest BCUT2D eigenvalue weighted by Gasteiger charge is 2.32. The molecule has 1 aliphatic carbocycles. The monoisotopic (exact) mass is 495 g/mol. The molecule has 5 rings (SSSR count). The minimum Gasteiger partial charge on any atom is -0.393 e. The number of thiophene rings is 1. The van der Waals surface area contributed by atoms with Crippen LogP contribution >= 0.6 is 22.9 Å². The average Bonchev–Trinajstić information content (AvgIpc) is 3.34. The lowest BCUT2D eigenvalue weighted by molar-refractivity contribution is 0.104. The molecule has 34 heavy (non-hydrogen) atoms. The Bertz CT molecular complexity index is 1220. The fourth-order valence-corrected chi connectivity index (χ4v) is 6.34. The van der Waals surface area contributed by atoms with Crippen molar-refractivity contribution in [3.8, 4) is 0 Å². The Morgan fingerprint density at radius 1 is 1.29 bits per heavy atom. The van der Waals surface area contributed by atoms with Crippen LogP contribution in [0.5, 0.6) is 0 Å². The molecular formula is C26H28ClN4O2S. The van der Waals surface area contributed by atoms with Gasteiger partial charge in [0.25, 0.3) is 0 Å². The number of hydrogen-bond donors (Lipinski definition) is 2. The van der Waals surface area contributed by atoms with Crippen LogP contribution in [0.15, 0.2) is 36.8 Å². The van der Waals surface area contributed by atoms with E-state index >= 15 is 0 Å². The van der Waals surface area contributed by atoms with E-state index in [2.05, 4.69) is 53.2 Å². The number of anilines is 1. The van der Waals surface area contributed by atoms with Gasteiger partial charge in [-0.3, -0.25) is 9.69 Å². The zero-order valence-corrected chi connectivity index (χ0v) is 20.9. The third kappa shape index (κ3) is 4.38. The van der Waals surface area contributed by atoms with Crippen molar-refractivity contribution >= 4 is 34.5 Å². The van der Waals surface area contributed by atoms with E-state index in [1.54, 1.807) is 6.20 Å². The van der Waals surface area contributed by atoms with Crippen molar-refractivity contribution in [3.05, 3.63) is 80.7 Å². The van der Waals surface area contributed by atoms with Gasteiger partial charge in [0.2, 0.25) is 5.78 Å². The molecule has 0 bridgehead atoms. The lowest BCUT2D eigenvalue weighted by atomic mass is 9.88. The summed E-state index contributed by atoms with van der Waals surface area (Å²) in [6.07, 6.45) is 4.87. The zero-order valence-electron chi connectivity index (χ0n) is 19.3. The van der Waals surface area contributed by atoms with E-state index in [4.69, 9.17) is 11.6 Å². The number of aryl methyl sites for hydroxylation is 1. The fourth-order valence-electron chi connectivity index (χ4n) is 5.15. The SMILES string of the molecule is [CH2][C@@H]1C[C@@H](Nc2ncncc2C(=O)c2cc([C@H]3c4cc(Cl)ccc4CCN3C)c(C)s2)C[C@@H]1O. The number of nitrogens with zero attached hydrogens (tertiary/aromatic N) is 3. The Hall–Kier alpha value is -2.32. The van der Waals surface area contributed by atoms with Crippen LogP contribution in [0.3, 0.4) is 0 Å². The Balaban J connectivity index is 1.46. The number of ketones is 1. The molecule has 1 saturated carbocycles. The average molecular weight is 496 g/mol. The van der Waals surface area contributed by atoms with Crippen LogP contribution in [0.2, 0.25) is 5.02 Å². The molecule has 8 heteroatoms. The van der Waals surface area contributed by atoms with Crippen LogP contribution < -0.4 is 5.32 Å². The topological polar surface area (TPSA) is 78.4 Å². The first kappa shape index (κ1) is 23.4. The van der Waals surface area contributed by atoms with Crippen LogP contribution in [-0.4, -0.2) is 51.5 Å². The molecule has 6 nitrogen and oxygen atoms in total. The van der Waals surface area contributed by atoms with Crippen molar-refractivity contribution < 1.29 is 9.90 Å². The van der Waals surface area contributed by atoms with Crippen LogP contribution in [0.1, 0.15) is 55.7 Å². The highest BCUT2D eigenvalue weighted by molar-refractivity contribution is 7.14. The third-order valence-electron chi connectivity index (χ3n) is 7.01. The van der Waals surface area contributed by atoms with Gasteiger partial charge >= 0.3 is 0 Å². The van der Waals surface area contributed by atoms with E-state index in [-0.39, 0.29) is 23.8 Å². The van der Waals surface area contributed by atoms with Gasteiger partial charge in [-0.25, -0.2) is 9.97 Å². The van der Waals surface area contributed by atoms with Gasteiger partial charge in [-0.1, -0.05) is 17.7 Å². The quantitative estimate of drug-likeness (QED) is 0.500. The van der Waals surface area contributed by atoms with Gasteiger partial charge < -0.3 is 10.4 Å². The molecule has 1 radical (unpaired) electrons. The van der Waals surface area contributed by atoms with Crippen molar-refractivity contribution in [1.82, 2.24) is 14.9 Å². The molecule has 0 amide bonds. The van der Waals surface area contributed by atoms with E-state index in [0.29, 0.717) is 22.7 Å². The summed E-state index contributed by atoms with van der Waals surface area (Å²) in [5, 5.41) is 14.1. The first-order valence-corrected chi connectivity index (χ1v) is 12.7. The molecule has 0 saturated heterocycles. The van der Waals surface area contributed by atoms with E-state index in [1.165, 1.54) is 28.8 Å². The fraction of sp³-hybridized carbons (Fsp3) is 0.385. The normalized spacial score (nSPS) is 24.7. The molecule has 4 atom stereocenters. The highest BCUT2D eigenvalue weighted by Crippen LogP contribution is 2.40. The van der Waals surface area contributed by atoms with Gasteiger partial charge in [0.1, 0.15) is 12.1 Å². The van der Waals surface area contributed by atoms with Gasteiger partial charge in [-0.2, -0.15) is 0 Å². The van der Waals surface area contributed by atoms with Crippen molar-refractivity contribution in [2.45, 2.75) is 44.4 Å². The number of carbonyl (C=O) groups excluding carboxylic acids is 1. The number of aliphatic hydroxyl groups excluding tert-OH is 1. The smallest absolute Gasteiger partial charge is 0.208 e. The number of fused-ring (bicyclic) bond motifs is 1. The van der Waals surface area contributed by atoms with E-state index in [1.807, 2.05) is 12.1 Å². The zero-order chi connectivity index (χ0) is 24.0. The summed E-state index contributed by atoms with van der Waals surface area (Å²) in [5.74, 6) is 0.382. The van der Waals surface area contributed by atoms with E-state index in [9.17, 15) is 9.90 Å². The summed E-state index contributed by atoms with van der Waals surface area (Å²) in [6, 6.07) is 8.20. The largest absolute Gasteiger partial charge is 0.393 e. The van der Waals surface area contributed by atoms with Crippen LogP contribution in [0.25, 0.3) is 0 Å². The number of aliphatic hydroxyl groups is 1. The molecule has 2 aromatic heterocycles. The Labute approximate surface area is 209 Å². The lowest BCUT2D eigenvalue weighted by Gasteiger charge is -2.35. The molecule has 0 unspecified atom stereocenters. The number of nitrogens with one attached hydrogen (secondary N) is 1. The molecular weight excluding hydrogens is 468 g/mol. The maximum atomic E-state index is 13.6. The Morgan fingerprint density at radius 3 is 2.88 bits per heavy atom. The van der Waals surface area contributed by atoms with Gasteiger partial charge in [0.05, 0.1) is 22.6 Å². The first-order valence-electron chi connectivity index (χ1n) is 11.5. The van der Waals surface area contributed by atoms with Gasteiger partial charge in [0.15, 0.2) is 0 Å². The van der Waals surface area contributed by atoms with Crippen LogP contribution in [0.4, 0.5) is 5.82 Å². The minimum atomic E-state index is -0.440. The highest BCUT2D eigenvalue weighted by atomic mass is 35.5. The second-order valence-electron chi connectivity index (χ2n) is 9.35. The number of rotatable bonds is 5. The van der Waals surface area contributed by atoms with Crippen molar-refractivity contribution in [2.24, 2.45) is 5.92 Å². The summed E-state index contributed by atoms with van der Waals surface area (Å²) in [7, 11) is 2.12. The molecule has 1 fully saturated rings.